The zero-order valence-corrected chi connectivity index (χ0v) is 12.8. The van der Waals surface area contributed by atoms with Gasteiger partial charge in [-0.25, -0.2) is 0 Å². The average Bonchev–Trinajstić information content (AvgIpc) is 2.47. The monoisotopic (exact) mass is 295 g/mol. The quantitative estimate of drug-likeness (QED) is 0.898. The standard InChI is InChI=1S/C15H22ClN3O/c1-11(15(20)17-2)18-13-10-12(16)6-7-14(13)19-8-4-3-5-9-19/h6-7,10-11,18H,3-5,8-9H2,1-2H3,(H,17,20)/t11-/m1/s1. The Bertz CT molecular complexity index is 472. The molecule has 1 aliphatic heterocycles. The van der Waals surface area contributed by atoms with Gasteiger partial charge in [-0.3, -0.25) is 4.79 Å². The van der Waals surface area contributed by atoms with Crippen LogP contribution in [0.3, 0.4) is 0 Å². The van der Waals surface area contributed by atoms with Crippen LogP contribution in [0.25, 0.3) is 0 Å². The van der Waals surface area contributed by atoms with Crippen LogP contribution in [-0.4, -0.2) is 32.1 Å². The lowest BCUT2D eigenvalue weighted by molar-refractivity contribution is -0.121. The van der Waals surface area contributed by atoms with Gasteiger partial charge in [-0.05, 0) is 44.4 Å². The summed E-state index contributed by atoms with van der Waals surface area (Å²) in [5.74, 6) is -0.0328. The number of piperidine rings is 1. The summed E-state index contributed by atoms with van der Waals surface area (Å²) in [4.78, 5) is 14.0. The second kappa shape index (κ2) is 6.84. The molecule has 0 aromatic heterocycles. The van der Waals surface area contributed by atoms with Gasteiger partial charge in [-0.15, -0.1) is 0 Å². The Kier molecular flexibility index (Phi) is 5.12. The highest BCUT2D eigenvalue weighted by atomic mass is 35.5. The largest absolute Gasteiger partial charge is 0.372 e. The zero-order chi connectivity index (χ0) is 14.5. The number of anilines is 2. The maximum absolute atomic E-state index is 11.7. The van der Waals surface area contributed by atoms with E-state index in [-0.39, 0.29) is 11.9 Å². The summed E-state index contributed by atoms with van der Waals surface area (Å²) < 4.78 is 0. The molecule has 1 fully saturated rings. The van der Waals surface area contributed by atoms with E-state index in [0.29, 0.717) is 5.02 Å². The van der Waals surface area contributed by atoms with E-state index in [1.807, 2.05) is 25.1 Å². The van der Waals surface area contributed by atoms with E-state index in [2.05, 4.69) is 15.5 Å². The van der Waals surface area contributed by atoms with E-state index in [4.69, 9.17) is 11.6 Å². The number of likely N-dealkylation sites (N-methyl/N-ethyl adjacent to an activating group) is 1. The van der Waals surface area contributed by atoms with Crippen LogP contribution in [0, 0.1) is 0 Å². The van der Waals surface area contributed by atoms with Crippen molar-refractivity contribution in [2.45, 2.75) is 32.2 Å². The molecular formula is C15H22ClN3O. The minimum atomic E-state index is -0.290. The van der Waals surface area contributed by atoms with Crippen molar-refractivity contribution in [1.82, 2.24) is 5.32 Å². The van der Waals surface area contributed by atoms with Crippen LogP contribution in [-0.2, 0) is 4.79 Å². The van der Waals surface area contributed by atoms with Gasteiger partial charge in [-0.2, -0.15) is 0 Å². The zero-order valence-electron chi connectivity index (χ0n) is 12.1. The van der Waals surface area contributed by atoms with Gasteiger partial charge in [0.2, 0.25) is 5.91 Å². The molecule has 1 amide bonds. The van der Waals surface area contributed by atoms with Gasteiger partial charge in [-0.1, -0.05) is 11.6 Å². The average molecular weight is 296 g/mol. The summed E-state index contributed by atoms with van der Waals surface area (Å²) in [6, 6.07) is 5.54. The van der Waals surface area contributed by atoms with Gasteiger partial charge >= 0.3 is 0 Å². The van der Waals surface area contributed by atoms with Crippen LogP contribution in [0.2, 0.25) is 5.02 Å². The highest BCUT2D eigenvalue weighted by Gasteiger charge is 2.18. The molecule has 1 aromatic rings. The van der Waals surface area contributed by atoms with Gasteiger partial charge < -0.3 is 15.5 Å². The molecule has 110 valence electrons. The van der Waals surface area contributed by atoms with Gasteiger partial charge in [0.25, 0.3) is 0 Å². The first kappa shape index (κ1) is 15.0. The number of hydrogen-bond donors (Lipinski definition) is 2. The summed E-state index contributed by atoms with van der Waals surface area (Å²) >= 11 is 6.09. The number of hydrogen-bond acceptors (Lipinski definition) is 3. The highest BCUT2D eigenvalue weighted by Crippen LogP contribution is 2.31. The van der Waals surface area contributed by atoms with Crippen molar-refractivity contribution in [2.24, 2.45) is 0 Å². The van der Waals surface area contributed by atoms with E-state index >= 15 is 0 Å². The number of benzene rings is 1. The first-order valence-corrected chi connectivity index (χ1v) is 7.52. The third-order valence-corrected chi connectivity index (χ3v) is 3.90. The Morgan fingerprint density at radius 2 is 2.00 bits per heavy atom. The Morgan fingerprint density at radius 3 is 2.65 bits per heavy atom. The van der Waals surface area contributed by atoms with Gasteiger partial charge in [0.1, 0.15) is 6.04 Å². The van der Waals surface area contributed by atoms with Crippen LogP contribution in [0.15, 0.2) is 18.2 Å². The second-order valence-electron chi connectivity index (χ2n) is 5.19. The van der Waals surface area contributed by atoms with E-state index < -0.39 is 0 Å². The normalized spacial score (nSPS) is 16.6. The predicted octanol–water partition coefficient (Wildman–Crippen LogP) is 2.88. The first-order valence-electron chi connectivity index (χ1n) is 7.14. The van der Waals surface area contributed by atoms with Crippen molar-refractivity contribution in [3.05, 3.63) is 23.2 Å². The maximum atomic E-state index is 11.7. The van der Waals surface area contributed by atoms with Crippen LogP contribution < -0.4 is 15.5 Å². The Morgan fingerprint density at radius 1 is 1.30 bits per heavy atom. The smallest absolute Gasteiger partial charge is 0.241 e. The highest BCUT2D eigenvalue weighted by molar-refractivity contribution is 6.31. The lowest BCUT2D eigenvalue weighted by Gasteiger charge is -2.31. The van der Waals surface area contributed by atoms with Crippen molar-refractivity contribution >= 4 is 28.9 Å². The number of rotatable bonds is 4. The maximum Gasteiger partial charge on any atom is 0.241 e. The number of carbonyl (C=O) groups excluding carboxylic acids is 1. The Labute approximate surface area is 125 Å². The molecule has 0 bridgehead atoms. The molecule has 0 radical (unpaired) electrons. The Hall–Kier alpha value is -1.42. The summed E-state index contributed by atoms with van der Waals surface area (Å²) in [6.45, 7) is 3.97. The molecule has 2 rings (SSSR count). The summed E-state index contributed by atoms with van der Waals surface area (Å²) in [6.07, 6.45) is 3.72. The Balaban J connectivity index is 2.21. The SMILES string of the molecule is CNC(=O)[C@@H](C)Nc1cc(Cl)ccc1N1CCCCC1. The molecule has 4 nitrogen and oxygen atoms in total. The van der Waals surface area contributed by atoms with Crippen LogP contribution in [0.4, 0.5) is 11.4 Å². The molecule has 0 saturated carbocycles. The van der Waals surface area contributed by atoms with E-state index in [0.717, 1.165) is 24.5 Å². The molecule has 0 spiro atoms. The van der Waals surface area contributed by atoms with Gasteiger partial charge in [0.05, 0.1) is 11.4 Å². The molecule has 1 heterocycles. The number of nitrogens with zero attached hydrogens (tertiary/aromatic N) is 1. The molecule has 1 saturated heterocycles. The molecule has 20 heavy (non-hydrogen) atoms. The van der Waals surface area contributed by atoms with Crippen molar-refractivity contribution in [3.8, 4) is 0 Å². The molecule has 0 aliphatic carbocycles. The van der Waals surface area contributed by atoms with E-state index in [1.54, 1.807) is 7.05 Å². The van der Waals surface area contributed by atoms with Crippen LogP contribution in [0.1, 0.15) is 26.2 Å². The van der Waals surface area contributed by atoms with Gasteiger partial charge in [0, 0.05) is 25.2 Å². The summed E-state index contributed by atoms with van der Waals surface area (Å²) in [5.41, 5.74) is 2.06. The number of carbonyl (C=O) groups is 1. The summed E-state index contributed by atoms with van der Waals surface area (Å²) in [5, 5.41) is 6.59. The van der Waals surface area contributed by atoms with Gasteiger partial charge in [0.15, 0.2) is 0 Å². The molecular weight excluding hydrogens is 274 g/mol. The minimum Gasteiger partial charge on any atom is -0.372 e. The van der Waals surface area contributed by atoms with Crippen molar-refractivity contribution in [2.75, 3.05) is 30.4 Å². The first-order chi connectivity index (χ1) is 9.61. The van der Waals surface area contributed by atoms with E-state index in [1.165, 1.54) is 19.3 Å². The fourth-order valence-corrected chi connectivity index (χ4v) is 2.72. The predicted molar refractivity (Wildman–Crippen MR) is 84.7 cm³/mol. The minimum absolute atomic E-state index is 0.0328. The lowest BCUT2D eigenvalue weighted by atomic mass is 10.1. The lowest BCUT2D eigenvalue weighted by Crippen LogP contribution is -2.36. The molecule has 1 aliphatic rings. The summed E-state index contributed by atoms with van der Waals surface area (Å²) in [7, 11) is 1.64. The fourth-order valence-electron chi connectivity index (χ4n) is 2.55. The number of nitrogens with one attached hydrogen (secondary N) is 2. The molecule has 1 aromatic carbocycles. The number of halogens is 1. The van der Waals surface area contributed by atoms with Crippen LogP contribution in [0.5, 0.6) is 0 Å². The van der Waals surface area contributed by atoms with Crippen molar-refractivity contribution in [3.63, 3.8) is 0 Å². The molecule has 5 heteroatoms. The van der Waals surface area contributed by atoms with Crippen molar-refractivity contribution < 1.29 is 4.79 Å². The fraction of sp³-hybridized carbons (Fsp3) is 0.533. The number of amides is 1. The van der Waals surface area contributed by atoms with Crippen molar-refractivity contribution in [1.29, 1.82) is 0 Å². The van der Waals surface area contributed by atoms with E-state index in [9.17, 15) is 4.79 Å². The third-order valence-electron chi connectivity index (χ3n) is 3.67. The molecule has 2 N–H and O–H groups in total. The van der Waals surface area contributed by atoms with Crippen LogP contribution >= 0.6 is 11.6 Å². The third kappa shape index (κ3) is 3.57. The molecule has 0 unspecified atom stereocenters. The molecule has 1 atom stereocenters. The topological polar surface area (TPSA) is 44.4 Å². The second-order valence-corrected chi connectivity index (χ2v) is 5.63.